The van der Waals surface area contributed by atoms with E-state index in [1.165, 1.54) is 53.5 Å². The van der Waals surface area contributed by atoms with Crippen molar-refractivity contribution in [1.82, 2.24) is 0 Å². The molecule has 2 aliphatic rings. The van der Waals surface area contributed by atoms with E-state index in [1.807, 2.05) is 25.2 Å². The minimum Gasteiger partial charge on any atom is -0.100 e. The van der Waals surface area contributed by atoms with Crippen LogP contribution in [0.2, 0.25) is 0 Å². The molecule has 0 saturated heterocycles. The lowest BCUT2D eigenvalue weighted by Crippen LogP contribution is -1.96. The summed E-state index contributed by atoms with van der Waals surface area (Å²) < 4.78 is 0. The van der Waals surface area contributed by atoms with Crippen molar-refractivity contribution in [3.05, 3.63) is 95.1 Å². The number of benzene rings is 1. The summed E-state index contributed by atoms with van der Waals surface area (Å²) in [6.45, 7) is 28.1. The fourth-order valence-corrected chi connectivity index (χ4v) is 3.96. The van der Waals surface area contributed by atoms with Crippen LogP contribution in [0.3, 0.4) is 0 Å². The summed E-state index contributed by atoms with van der Waals surface area (Å²) in [4.78, 5) is 0. The maximum atomic E-state index is 4.33. The Bertz CT molecular complexity index is 881. The van der Waals surface area contributed by atoms with Crippen molar-refractivity contribution in [2.24, 2.45) is 11.8 Å². The number of halogens is 1. The van der Waals surface area contributed by atoms with Gasteiger partial charge < -0.3 is 0 Å². The summed E-state index contributed by atoms with van der Waals surface area (Å²) in [7, 11) is 4.33. The van der Waals surface area contributed by atoms with Crippen LogP contribution >= 0.6 is 22.5 Å². The molecule has 34 heavy (non-hydrogen) atoms. The fourth-order valence-electron chi connectivity index (χ4n) is 3.96. The molecule has 0 spiro atoms. The van der Waals surface area contributed by atoms with Crippen LogP contribution in [0.5, 0.6) is 0 Å². The Kier molecular flexibility index (Phi) is 16.8. The molecule has 0 heterocycles. The van der Waals surface area contributed by atoms with Crippen LogP contribution in [0.15, 0.2) is 67.3 Å². The van der Waals surface area contributed by atoms with Gasteiger partial charge in [0.05, 0.1) is 0 Å². The highest BCUT2D eigenvalue weighted by Crippen LogP contribution is 2.39. The molecule has 0 N–H and O–H groups in total. The van der Waals surface area contributed by atoms with E-state index in [0.29, 0.717) is 0 Å². The molecule has 2 aliphatic carbocycles. The van der Waals surface area contributed by atoms with Gasteiger partial charge in [0.25, 0.3) is 0 Å². The molecule has 3 rings (SSSR count). The summed E-state index contributed by atoms with van der Waals surface area (Å²) in [5.74, 6) is 1.65. The molecule has 2 heteroatoms. The highest BCUT2D eigenvalue weighted by atomic mass is 35.7. The Balaban J connectivity index is 0.000000607. The number of hydrogen-bond donors (Lipinski definition) is 1. The van der Waals surface area contributed by atoms with Crippen molar-refractivity contribution in [3.8, 4) is 0 Å². The molecule has 1 fully saturated rings. The Morgan fingerprint density at radius 3 is 2.06 bits per heavy atom. The van der Waals surface area contributed by atoms with E-state index in [4.69, 9.17) is 0 Å². The zero-order chi connectivity index (χ0) is 26.3. The van der Waals surface area contributed by atoms with E-state index in [2.05, 4.69) is 95.6 Å². The third kappa shape index (κ3) is 11.2. The Morgan fingerprint density at radius 2 is 1.68 bits per heavy atom. The van der Waals surface area contributed by atoms with Crippen LogP contribution in [-0.4, -0.2) is 0 Å². The lowest BCUT2D eigenvalue weighted by atomic mass is 9.92. The first kappa shape index (κ1) is 32.3. The van der Waals surface area contributed by atoms with Gasteiger partial charge >= 0.3 is 0 Å². The first-order valence-electron chi connectivity index (χ1n) is 12.4. The molecule has 1 unspecified atom stereocenters. The van der Waals surface area contributed by atoms with Gasteiger partial charge in [0.15, 0.2) is 0 Å². The second kappa shape index (κ2) is 17.7. The lowest BCUT2D eigenvalue weighted by molar-refractivity contribution is 0.627. The lowest BCUT2D eigenvalue weighted by Gasteiger charge is -2.13. The van der Waals surface area contributed by atoms with Crippen LogP contribution in [0.1, 0.15) is 88.1 Å². The highest BCUT2D eigenvalue weighted by molar-refractivity contribution is 8.05. The molecule has 188 valence electrons. The van der Waals surface area contributed by atoms with Crippen molar-refractivity contribution < 1.29 is 0 Å². The third-order valence-corrected chi connectivity index (χ3v) is 6.43. The van der Waals surface area contributed by atoms with Gasteiger partial charge in [-0.3, -0.25) is 0 Å². The second-order valence-electron chi connectivity index (χ2n) is 9.37. The predicted octanol–water partition coefficient (Wildman–Crippen LogP) is 10.9. The molecule has 0 aliphatic heterocycles. The molecule has 1 atom stereocenters. The third-order valence-electron chi connectivity index (χ3n) is 6.43. The van der Waals surface area contributed by atoms with Crippen LogP contribution in [-0.2, 0) is 12.8 Å². The maximum Gasteiger partial charge on any atom is -0.0152 e. The van der Waals surface area contributed by atoms with Crippen LogP contribution in [0.4, 0.5) is 0 Å². The maximum absolute atomic E-state index is 4.33. The molecule has 0 radical (unpaired) electrons. The largest absolute Gasteiger partial charge is 0.100 e. The average Bonchev–Trinajstić information content (AvgIpc) is 3.63. The number of hydrogen-bond acceptors (Lipinski definition) is 1. The molecule has 1 aromatic carbocycles. The van der Waals surface area contributed by atoms with Gasteiger partial charge in [0.1, 0.15) is 0 Å². The van der Waals surface area contributed by atoms with Gasteiger partial charge in [-0.05, 0) is 115 Å². The molecule has 0 aromatic heterocycles. The molecule has 0 amide bonds. The van der Waals surface area contributed by atoms with Crippen molar-refractivity contribution in [3.63, 3.8) is 0 Å². The minimum absolute atomic E-state index is 0.801. The van der Waals surface area contributed by atoms with Gasteiger partial charge in [-0.15, -0.1) is 6.58 Å². The molecule has 0 bridgehead atoms. The fraction of sp³-hybridized carbons (Fsp3) is 0.438. The summed E-state index contributed by atoms with van der Waals surface area (Å²) in [5.41, 5.74) is 11.4. The zero-order valence-electron chi connectivity index (χ0n) is 22.5. The van der Waals surface area contributed by atoms with Gasteiger partial charge in [-0.25, -0.2) is 0 Å². The van der Waals surface area contributed by atoms with Crippen molar-refractivity contribution >= 4 is 34.7 Å². The highest BCUT2D eigenvalue weighted by Gasteiger charge is 2.25. The number of thiol groups is 1. The van der Waals surface area contributed by atoms with E-state index < -0.39 is 0 Å². The molecular weight excluding hydrogens is 452 g/mol. The average molecular weight is 499 g/mol. The Hall–Kier alpha value is -1.70. The molecule has 0 nitrogen and oxygen atoms in total. The zero-order valence-corrected chi connectivity index (χ0v) is 24.2. The standard InChI is InChI=1S/C19H24.C8H12.C5H10.ClHS/c1-5-15-11-17-8-12(2)9-18(17)14(4)19(15)10-13(3)16-6-7-16;1-4-7-8(5-2)6-3;1-4-5(2)3;1-2/h5,10-12,16H,1,6-9H2,2-4H3;4-5,7H,1-2,6H2,3H3;2,4H2,1,3H3;2H/b13-10+;8-7+;;. The molecule has 1 saturated carbocycles. The van der Waals surface area contributed by atoms with Crippen LogP contribution in [0.25, 0.3) is 12.2 Å². The van der Waals surface area contributed by atoms with Gasteiger partial charge in [-0.1, -0.05) is 99.9 Å². The summed E-state index contributed by atoms with van der Waals surface area (Å²) in [6.07, 6.45) is 17.4. The Morgan fingerprint density at radius 1 is 1.09 bits per heavy atom. The van der Waals surface area contributed by atoms with Crippen molar-refractivity contribution in [2.75, 3.05) is 0 Å². The topological polar surface area (TPSA) is 0 Å². The van der Waals surface area contributed by atoms with E-state index in [-0.39, 0.29) is 0 Å². The van der Waals surface area contributed by atoms with E-state index in [9.17, 15) is 0 Å². The second-order valence-corrected chi connectivity index (χ2v) is 9.37. The summed E-state index contributed by atoms with van der Waals surface area (Å²) in [6, 6.07) is 2.38. The van der Waals surface area contributed by atoms with E-state index in [0.717, 1.165) is 24.7 Å². The number of allylic oxidation sites excluding steroid dienone is 6. The van der Waals surface area contributed by atoms with Gasteiger partial charge in [0.2, 0.25) is 0 Å². The first-order chi connectivity index (χ1) is 16.2. The van der Waals surface area contributed by atoms with Crippen molar-refractivity contribution in [1.29, 1.82) is 0 Å². The SMILES string of the molecule is C=C(C)CC.C=C/C=C(\C=C)CC.C=Cc1cc2c(c(C)c1/C=C(\C)C1CC1)CC(C)C2.SCl. The monoisotopic (exact) mass is 498 g/mol. The van der Waals surface area contributed by atoms with Crippen LogP contribution in [0, 0.1) is 18.8 Å². The predicted molar refractivity (Wildman–Crippen MR) is 163 cm³/mol. The van der Waals surface area contributed by atoms with Gasteiger partial charge in [-0.2, -0.15) is 0 Å². The van der Waals surface area contributed by atoms with E-state index >= 15 is 0 Å². The normalized spacial score (nSPS) is 16.4. The van der Waals surface area contributed by atoms with Crippen LogP contribution < -0.4 is 0 Å². The number of rotatable bonds is 7. The quantitative estimate of drug-likeness (QED) is 0.215. The van der Waals surface area contributed by atoms with E-state index in [1.54, 1.807) is 22.8 Å². The molecular formula is C32H47ClS. The number of fused-ring (bicyclic) bond motifs is 1. The molecule has 1 aromatic rings. The smallest absolute Gasteiger partial charge is 0.0152 e. The first-order valence-corrected chi connectivity index (χ1v) is 13.8. The summed E-state index contributed by atoms with van der Waals surface area (Å²) in [5, 5.41) is 0. The van der Waals surface area contributed by atoms with Gasteiger partial charge in [0, 0.05) is 0 Å². The Labute approximate surface area is 221 Å². The van der Waals surface area contributed by atoms with Crippen molar-refractivity contribution in [2.45, 2.75) is 80.1 Å². The summed E-state index contributed by atoms with van der Waals surface area (Å²) >= 11 is 3.00. The minimum atomic E-state index is 0.801.